The maximum Gasteiger partial charge on any atom is 0.370 e. The second-order valence-corrected chi connectivity index (χ2v) is 5.72. The van der Waals surface area contributed by atoms with Crippen LogP contribution in [0.1, 0.15) is 33.1 Å². The summed E-state index contributed by atoms with van der Waals surface area (Å²) in [6.07, 6.45) is -0.599. The third-order valence-electron chi connectivity index (χ3n) is 3.92. The van der Waals surface area contributed by atoms with Gasteiger partial charge in [-0.05, 0) is 12.5 Å². The van der Waals surface area contributed by atoms with Gasteiger partial charge in [0.15, 0.2) is 0 Å². The van der Waals surface area contributed by atoms with Crippen molar-refractivity contribution < 1.29 is 34.8 Å². The van der Waals surface area contributed by atoms with Crippen LogP contribution >= 0.6 is 0 Å². The molecule has 5 atom stereocenters. The van der Waals surface area contributed by atoms with Crippen LogP contribution in [-0.4, -0.2) is 63.3 Å². The molecule has 8 nitrogen and oxygen atoms in total. The van der Waals surface area contributed by atoms with Crippen molar-refractivity contribution in [1.82, 2.24) is 5.32 Å². The Labute approximate surface area is 134 Å². The number of carboxylic acids is 1. The van der Waals surface area contributed by atoms with Crippen LogP contribution in [0.25, 0.3) is 0 Å². The minimum absolute atomic E-state index is 0.277. The highest BCUT2D eigenvalue weighted by molar-refractivity contribution is 5.84. The zero-order chi connectivity index (χ0) is 17.6. The number of aliphatic hydroxyl groups excluding tert-OH is 3. The molecule has 23 heavy (non-hydrogen) atoms. The van der Waals surface area contributed by atoms with Gasteiger partial charge in [0.25, 0.3) is 0 Å². The summed E-state index contributed by atoms with van der Waals surface area (Å²) in [5, 5.41) is 40.7. The summed E-state index contributed by atoms with van der Waals surface area (Å²) in [7, 11) is 0. The SMILES string of the molecule is CCCCC(=O)N[C@@H]1C(O)C=C(C(=O)O)OC1C(C)C(O)CO. The topological polar surface area (TPSA) is 136 Å². The van der Waals surface area contributed by atoms with E-state index in [1.54, 1.807) is 6.92 Å². The predicted molar refractivity (Wildman–Crippen MR) is 80.3 cm³/mol. The first-order valence-corrected chi connectivity index (χ1v) is 7.69. The third-order valence-corrected chi connectivity index (χ3v) is 3.92. The zero-order valence-corrected chi connectivity index (χ0v) is 13.3. The summed E-state index contributed by atoms with van der Waals surface area (Å²) in [4.78, 5) is 23.0. The molecule has 0 saturated heterocycles. The summed E-state index contributed by atoms with van der Waals surface area (Å²) in [5.41, 5.74) is 0. The molecule has 1 heterocycles. The van der Waals surface area contributed by atoms with Crippen LogP contribution in [0.4, 0.5) is 0 Å². The minimum Gasteiger partial charge on any atom is -0.481 e. The fourth-order valence-corrected chi connectivity index (χ4v) is 2.42. The maximum absolute atomic E-state index is 11.9. The van der Waals surface area contributed by atoms with Crippen molar-refractivity contribution in [3.05, 3.63) is 11.8 Å². The summed E-state index contributed by atoms with van der Waals surface area (Å²) in [6, 6.07) is -0.904. The minimum atomic E-state index is -1.35. The Morgan fingerprint density at radius 1 is 1.43 bits per heavy atom. The molecule has 0 aromatic carbocycles. The van der Waals surface area contributed by atoms with E-state index in [9.17, 15) is 19.8 Å². The summed E-state index contributed by atoms with van der Waals surface area (Å²) >= 11 is 0. The van der Waals surface area contributed by atoms with Crippen molar-refractivity contribution in [2.45, 2.75) is 57.5 Å². The molecule has 8 heteroatoms. The van der Waals surface area contributed by atoms with Gasteiger partial charge in [-0.1, -0.05) is 20.3 Å². The van der Waals surface area contributed by atoms with E-state index in [0.29, 0.717) is 6.42 Å². The number of rotatable bonds is 8. The second-order valence-electron chi connectivity index (χ2n) is 5.72. The lowest BCUT2D eigenvalue weighted by Gasteiger charge is -2.39. The Morgan fingerprint density at radius 2 is 2.09 bits per heavy atom. The van der Waals surface area contributed by atoms with Gasteiger partial charge in [-0.2, -0.15) is 0 Å². The monoisotopic (exact) mass is 331 g/mol. The highest BCUT2D eigenvalue weighted by atomic mass is 16.5. The molecule has 4 unspecified atom stereocenters. The molecule has 1 aliphatic rings. The van der Waals surface area contributed by atoms with Gasteiger partial charge in [0.1, 0.15) is 6.10 Å². The van der Waals surface area contributed by atoms with Gasteiger partial charge in [0.05, 0.1) is 24.9 Å². The van der Waals surface area contributed by atoms with Crippen molar-refractivity contribution in [1.29, 1.82) is 0 Å². The van der Waals surface area contributed by atoms with Crippen molar-refractivity contribution in [2.24, 2.45) is 5.92 Å². The Hall–Kier alpha value is -1.64. The van der Waals surface area contributed by atoms with Crippen LogP contribution in [0.15, 0.2) is 11.8 Å². The highest BCUT2D eigenvalue weighted by Gasteiger charge is 2.41. The largest absolute Gasteiger partial charge is 0.481 e. The molecule has 1 rings (SSSR count). The average Bonchev–Trinajstić information content (AvgIpc) is 2.52. The van der Waals surface area contributed by atoms with Crippen LogP contribution in [-0.2, 0) is 14.3 Å². The highest BCUT2D eigenvalue weighted by Crippen LogP contribution is 2.26. The van der Waals surface area contributed by atoms with Gasteiger partial charge in [-0.25, -0.2) is 4.79 Å². The van der Waals surface area contributed by atoms with Gasteiger partial charge >= 0.3 is 5.97 Å². The number of hydrogen-bond donors (Lipinski definition) is 5. The Balaban J connectivity index is 2.96. The van der Waals surface area contributed by atoms with Gasteiger partial charge in [0.2, 0.25) is 11.7 Å². The molecule has 0 fully saturated rings. The predicted octanol–water partition coefficient (Wildman–Crippen LogP) is -0.621. The quantitative estimate of drug-likeness (QED) is 0.400. The molecule has 132 valence electrons. The number of carbonyl (C=O) groups excluding carboxylic acids is 1. The lowest BCUT2D eigenvalue weighted by molar-refractivity contribution is -0.143. The maximum atomic E-state index is 11.9. The smallest absolute Gasteiger partial charge is 0.370 e. The number of unbranched alkanes of at least 4 members (excludes halogenated alkanes) is 1. The van der Waals surface area contributed by atoms with Crippen molar-refractivity contribution in [3.8, 4) is 0 Å². The van der Waals surface area contributed by atoms with Crippen LogP contribution in [0.5, 0.6) is 0 Å². The van der Waals surface area contributed by atoms with E-state index in [2.05, 4.69) is 5.32 Å². The van der Waals surface area contributed by atoms with Crippen LogP contribution in [0.2, 0.25) is 0 Å². The normalized spacial score (nSPS) is 26.7. The Kier molecular flexibility index (Phi) is 7.47. The molecule has 0 aromatic rings. The van der Waals surface area contributed by atoms with E-state index in [1.807, 2.05) is 6.92 Å². The Morgan fingerprint density at radius 3 is 2.61 bits per heavy atom. The van der Waals surface area contributed by atoms with E-state index in [4.69, 9.17) is 14.9 Å². The molecule has 0 bridgehead atoms. The molecular weight excluding hydrogens is 306 g/mol. The standard InChI is InChI=1S/C15H25NO7/c1-3-4-5-12(20)16-13-9(18)6-11(15(21)22)23-14(13)8(2)10(19)7-17/h6,8-10,13-14,17-19H,3-5,7H2,1-2H3,(H,16,20)(H,21,22)/t8?,9?,10?,13-,14?/m1/s1. The fraction of sp³-hybridized carbons (Fsp3) is 0.733. The second kappa shape index (κ2) is 8.85. The number of nitrogens with one attached hydrogen (secondary N) is 1. The molecule has 0 radical (unpaired) electrons. The van der Waals surface area contributed by atoms with Crippen molar-refractivity contribution in [3.63, 3.8) is 0 Å². The van der Waals surface area contributed by atoms with E-state index >= 15 is 0 Å². The van der Waals surface area contributed by atoms with Crippen LogP contribution < -0.4 is 5.32 Å². The summed E-state index contributed by atoms with van der Waals surface area (Å²) in [5.74, 6) is -2.79. The van der Waals surface area contributed by atoms with Gasteiger partial charge in [0, 0.05) is 12.3 Å². The first kappa shape index (κ1) is 19.4. The number of amides is 1. The molecule has 5 N–H and O–H groups in total. The average molecular weight is 331 g/mol. The summed E-state index contributed by atoms with van der Waals surface area (Å²) in [6.45, 7) is 2.95. The Bertz CT molecular complexity index is 451. The molecule has 1 amide bonds. The number of aliphatic carboxylic acids is 1. The van der Waals surface area contributed by atoms with Gasteiger partial charge in [-0.3, -0.25) is 4.79 Å². The van der Waals surface area contributed by atoms with Gasteiger partial charge in [-0.15, -0.1) is 0 Å². The lowest BCUT2D eigenvalue weighted by Crippen LogP contribution is -2.57. The number of carboxylic acid groups (broad SMARTS) is 1. The molecule has 1 aliphatic heterocycles. The van der Waals surface area contributed by atoms with Crippen LogP contribution in [0.3, 0.4) is 0 Å². The lowest BCUT2D eigenvalue weighted by atomic mass is 9.88. The molecule has 0 aromatic heterocycles. The van der Waals surface area contributed by atoms with E-state index in [0.717, 1.165) is 12.5 Å². The molecule has 0 aliphatic carbocycles. The zero-order valence-electron chi connectivity index (χ0n) is 13.3. The van der Waals surface area contributed by atoms with E-state index in [1.165, 1.54) is 0 Å². The molecule has 0 saturated carbocycles. The van der Waals surface area contributed by atoms with E-state index in [-0.39, 0.29) is 12.3 Å². The third kappa shape index (κ3) is 5.19. The number of carbonyl (C=O) groups is 2. The number of hydrogen-bond acceptors (Lipinski definition) is 6. The number of ether oxygens (including phenoxy) is 1. The van der Waals surface area contributed by atoms with Gasteiger partial charge < -0.3 is 30.5 Å². The number of aliphatic hydroxyl groups is 3. The fourth-order valence-electron chi connectivity index (χ4n) is 2.42. The van der Waals surface area contributed by atoms with Crippen molar-refractivity contribution in [2.75, 3.05) is 6.61 Å². The van der Waals surface area contributed by atoms with Crippen molar-refractivity contribution >= 4 is 11.9 Å². The first-order chi connectivity index (χ1) is 10.8. The van der Waals surface area contributed by atoms with E-state index < -0.39 is 48.6 Å². The summed E-state index contributed by atoms with van der Waals surface area (Å²) < 4.78 is 5.34. The van der Waals surface area contributed by atoms with Crippen LogP contribution in [0, 0.1) is 5.92 Å². The first-order valence-electron chi connectivity index (χ1n) is 7.69. The molecule has 0 spiro atoms. The molecular formula is C15H25NO7.